The highest BCUT2D eigenvalue weighted by Gasteiger charge is 2.22. The third-order valence-corrected chi connectivity index (χ3v) is 4.63. The van der Waals surface area contributed by atoms with Crippen molar-refractivity contribution in [2.24, 2.45) is 5.92 Å². The Morgan fingerprint density at radius 1 is 1.41 bits per heavy atom. The van der Waals surface area contributed by atoms with Gasteiger partial charge in [-0.15, -0.1) is 11.3 Å². The minimum absolute atomic E-state index is 0.174. The summed E-state index contributed by atoms with van der Waals surface area (Å²) >= 11 is 1.53. The van der Waals surface area contributed by atoms with Crippen LogP contribution in [-0.4, -0.2) is 22.1 Å². The highest BCUT2D eigenvalue weighted by molar-refractivity contribution is 7.18. The van der Waals surface area contributed by atoms with Crippen LogP contribution in [0.5, 0.6) is 0 Å². The quantitative estimate of drug-likeness (QED) is 0.794. The molecule has 0 bridgehead atoms. The third-order valence-electron chi connectivity index (χ3n) is 3.46. The normalized spacial score (nSPS) is 12.8. The molecule has 2 aromatic heterocycles. The number of aryl methyl sites for hydroxylation is 2. The lowest BCUT2D eigenvalue weighted by molar-refractivity contribution is -0.148. The van der Waals surface area contributed by atoms with Gasteiger partial charge in [-0.25, -0.2) is 9.78 Å². The molecule has 0 aromatic carbocycles. The van der Waals surface area contributed by atoms with Gasteiger partial charge in [-0.3, -0.25) is 9.36 Å². The number of hydrogen-bond donors (Lipinski definition) is 0. The molecular weight excluding hydrogens is 300 g/mol. The van der Waals surface area contributed by atoms with E-state index in [1.165, 1.54) is 15.9 Å². The maximum Gasteiger partial charge on any atom is 0.329 e. The molecule has 5 nitrogen and oxygen atoms in total. The maximum absolute atomic E-state index is 12.7. The summed E-state index contributed by atoms with van der Waals surface area (Å²) in [5.74, 6) is 0.403. The molecule has 1 unspecified atom stereocenters. The monoisotopic (exact) mass is 322 g/mol. The highest BCUT2D eigenvalue weighted by atomic mass is 32.1. The number of nitrogens with zero attached hydrogens (tertiary/aromatic N) is 2. The van der Waals surface area contributed by atoms with Crippen molar-refractivity contribution in [2.45, 2.75) is 47.1 Å². The Morgan fingerprint density at radius 3 is 2.68 bits per heavy atom. The summed E-state index contributed by atoms with van der Waals surface area (Å²) in [7, 11) is 0. The van der Waals surface area contributed by atoms with Crippen molar-refractivity contribution in [1.82, 2.24) is 9.55 Å². The van der Waals surface area contributed by atoms with Crippen LogP contribution in [0.3, 0.4) is 0 Å². The Balaban J connectivity index is 2.42. The minimum atomic E-state index is -0.673. The number of carbonyl (C=O) groups excluding carboxylic acids is 1. The summed E-state index contributed by atoms with van der Waals surface area (Å²) in [5, 5.41) is 0.580. The first-order chi connectivity index (χ1) is 10.3. The van der Waals surface area contributed by atoms with Crippen molar-refractivity contribution in [3.63, 3.8) is 0 Å². The average Bonchev–Trinajstić information content (AvgIpc) is 2.87. The van der Waals surface area contributed by atoms with E-state index in [1.807, 2.05) is 26.8 Å². The summed E-state index contributed by atoms with van der Waals surface area (Å²) in [4.78, 5) is 31.2. The van der Waals surface area contributed by atoms with Gasteiger partial charge in [0.05, 0.1) is 12.0 Å². The van der Waals surface area contributed by atoms with E-state index >= 15 is 0 Å². The smallest absolute Gasteiger partial charge is 0.329 e. The van der Waals surface area contributed by atoms with E-state index in [0.717, 1.165) is 16.1 Å². The zero-order valence-electron chi connectivity index (χ0n) is 13.7. The second-order valence-corrected chi connectivity index (χ2v) is 6.93. The molecule has 0 amide bonds. The molecule has 2 aromatic rings. The number of ether oxygens (including phenoxy) is 1. The first kappa shape index (κ1) is 16.7. The van der Waals surface area contributed by atoms with Crippen LogP contribution in [-0.2, 0) is 16.0 Å². The predicted molar refractivity (Wildman–Crippen MR) is 88.5 cm³/mol. The molecule has 0 saturated carbocycles. The number of fused-ring (bicyclic) bond motifs is 1. The second kappa shape index (κ2) is 6.60. The first-order valence-electron chi connectivity index (χ1n) is 7.53. The lowest BCUT2D eigenvalue weighted by Crippen LogP contribution is -2.32. The van der Waals surface area contributed by atoms with Gasteiger partial charge in [0.15, 0.2) is 0 Å². The fraction of sp³-hybridized carbons (Fsp3) is 0.562. The van der Waals surface area contributed by atoms with E-state index in [1.54, 1.807) is 13.8 Å². The molecule has 0 aliphatic rings. The second-order valence-electron chi connectivity index (χ2n) is 5.82. The van der Waals surface area contributed by atoms with Crippen LogP contribution >= 0.6 is 11.3 Å². The molecule has 0 N–H and O–H groups in total. The summed E-state index contributed by atoms with van der Waals surface area (Å²) < 4.78 is 6.67. The summed E-state index contributed by atoms with van der Waals surface area (Å²) in [5.41, 5.74) is -0.174. The van der Waals surface area contributed by atoms with Gasteiger partial charge in [0.1, 0.15) is 16.7 Å². The predicted octanol–water partition coefficient (Wildman–Crippen LogP) is 3.09. The number of esters is 1. The van der Waals surface area contributed by atoms with E-state index in [0.29, 0.717) is 17.8 Å². The Hall–Kier alpha value is -1.69. The summed E-state index contributed by atoms with van der Waals surface area (Å²) in [6.45, 7) is 9.77. The van der Waals surface area contributed by atoms with Crippen molar-refractivity contribution in [3.8, 4) is 0 Å². The molecule has 2 heterocycles. The number of hydrogen-bond acceptors (Lipinski definition) is 5. The largest absolute Gasteiger partial charge is 0.464 e. The van der Waals surface area contributed by atoms with E-state index in [2.05, 4.69) is 4.98 Å². The van der Waals surface area contributed by atoms with E-state index in [9.17, 15) is 9.59 Å². The lowest BCUT2D eigenvalue weighted by Gasteiger charge is -2.17. The first-order valence-corrected chi connectivity index (χ1v) is 8.35. The fourth-order valence-corrected chi connectivity index (χ4v) is 3.25. The number of thiophene rings is 1. The topological polar surface area (TPSA) is 61.2 Å². The van der Waals surface area contributed by atoms with Crippen molar-refractivity contribution in [2.75, 3.05) is 6.61 Å². The van der Waals surface area contributed by atoms with Crippen LogP contribution in [0.4, 0.5) is 0 Å². The Labute approximate surface area is 133 Å². The van der Waals surface area contributed by atoms with Crippen molar-refractivity contribution < 1.29 is 9.53 Å². The molecular formula is C16H22N2O3S. The molecule has 0 spiro atoms. The number of carbonyl (C=O) groups is 1. The Morgan fingerprint density at radius 2 is 2.09 bits per heavy atom. The van der Waals surface area contributed by atoms with Crippen LogP contribution in [0.2, 0.25) is 0 Å². The molecule has 0 aliphatic heterocycles. The Kier molecular flexibility index (Phi) is 5.01. The summed E-state index contributed by atoms with van der Waals surface area (Å²) in [6, 6.07) is 1.20. The molecule has 2 rings (SSSR count). The van der Waals surface area contributed by atoms with E-state index in [-0.39, 0.29) is 11.5 Å². The van der Waals surface area contributed by atoms with Crippen molar-refractivity contribution in [3.05, 3.63) is 27.1 Å². The molecule has 0 aliphatic carbocycles. The zero-order valence-corrected chi connectivity index (χ0v) is 14.5. The standard InChI is InChI=1S/C16H22N2O3S/c1-6-12-7-13-14(22-12)17-11(5)18(15(13)19)10(4)16(20)21-8-9(2)3/h7,9-10H,6,8H2,1-5H3. The van der Waals surface area contributed by atoms with Gasteiger partial charge in [0.25, 0.3) is 5.56 Å². The zero-order chi connectivity index (χ0) is 16.4. The molecule has 120 valence electrons. The molecule has 0 fully saturated rings. The molecule has 22 heavy (non-hydrogen) atoms. The van der Waals surface area contributed by atoms with E-state index in [4.69, 9.17) is 4.74 Å². The molecule has 0 radical (unpaired) electrons. The van der Waals surface area contributed by atoms with Gasteiger partial charge in [0, 0.05) is 4.88 Å². The fourth-order valence-electron chi connectivity index (χ4n) is 2.25. The SMILES string of the molecule is CCc1cc2c(=O)n(C(C)C(=O)OCC(C)C)c(C)nc2s1. The van der Waals surface area contributed by atoms with Crippen LogP contribution in [0.25, 0.3) is 10.2 Å². The van der Waals surface area contributed by atoms with Crippen molar-refractivity contribution >= 4 is 27.5 Å². The molecule has 0 saturated heterocycles. The van der Waals surface area contributed by atoms with Gasteiger partial charge in [-0.1, -0.05) is 20.8 Å². The Bertz CT molecular complexity index is 746. The van der Waals surface area contributed by atoms with Gasteiger partial charge < -0.3 is 4.74 Å². The number of aromatic nitrogens is 2. The maximum atomic E-state index is 12.7. The average molecular weight is 322 g/mol. The third kappa shape index (κ3) is 3.21. The van der Waals surface area contributed by atoms with Crippen LogP contribution in [0.1, 0.15) is 44.4 Å². The summed E-state index contributed by atoms with van der Waals surface area (Å²) in [6.07, 6.45) is 0.867. The van der Waals surface area contributed by atoms with Crippen LogP contribution in [0.15, 0.2) is 10.9 Å². The lowest BCUT2D eigenvalue weighted by atomic mass is 10.2. The van der Waals surface area contributed by atoms with Gasteiger partial charge in [-0.05, 0) is 32.3 Å². The van der Waals surface area contributed by atoms with Crippen LogP contribution < -0.4 is 5.56 Å². The highest BCUT2D eigenvalue weighted by Crippen LogP contribution is 2.23. The molecule has 6 heteroatoms. The van der Waals surface area contributed by atoms with Crippen molar-refractivity contribution in [1.29, 1.82) is 0 Å². The number of rotatable bonds is 5. The van der Waals surface area contributed by atoms with Gasteiger partial charge >= 0.3 is 5.97 Å². The van der Waals surface area contributed by atoms with E-state index < -0.39 is 12.0 Å². The van der Waals surface area contributed by atoms with Gasteiger partial charge in [-0.2, -0.15) is 0 Å². The molecule has 1 atom stereocenters. The van der Waals surface area contributed by atoms with Gasteiger partial charge in [0.2, 0.25) is 0 Å². The van der Waals surface area contributed by atoms with Crippen LogP contribution in [0, 0.1) is 12.8 Å². The minimum Gasteiger partial charge on any atom is -0.464 e.